The van der Waals surface area contributed by atoms with Gasteiger partial charge in [0.25, 0.3) is 0 Å². The van der Waals surface area contributed by atoms with E-state index in [4.69, 9.17) is 0 Å². The SMILES string of the molecule is CCNC(=NCc1ccc(OCC(F)(F)F)nc1)N1CC[C@@H](O)C1.I. The van der Waals surface area contributed by atoms with Crippen molar-refractivity contribution >= 4 is 29.9 Å². The average molecular weight is 474 g/mol. The molecule has 142 valence electrons. The Labute approximate surface area is 161 Å². The molecule has 1 aromatic heterocycles. The lowest BCUT2D eigenvalue weighted by Gasteiger charge is -2.20. The number of likely N-dealkylation sites (tertiary alicyclic amines) is 1. The monoisotopic (exact) mass is 474 g/mol. The Morgan fingerprint density at radius 2 is 2.24 bits per heavy atom. The summed E-state index contributed by atoms with van der Waals surface area (Å²) in [7, 11) is 0. The Kier molecular flexibility index (Phi) is 8.69. The summed E-state index contributed by atoms with van der Waals surface area (Å²) in [6, 6.07) is 3.02. The van der Waals surface area contributed by atoms with Crippen molar-refractivity contribution in [3.8, 4) is 5.88 Å². The summed E-state index contributed by atoms with van der Waals surface area (Å²) in [4.78, 5) is 10.3. The van der Waals surface area contributed by atoms with Gasteiger partial charge in [-0.3, -0.25) is 0 Å². The smallest absolute Gasteiger partial charge is 0.422 e. The van der Waals surface area contributed by atoms with Crippen LogP contribution in [0.2, 0.25) is 0 Å². The van der Waals surface area contributed by atoms with Gasteiger partial charge in [0.05, 0.1) is 12.6 Å². The van der Waals surface area contributed by atoms with E-state index in [-0.39, 0.29) is 36.0 Å². The largest absolute Gasteiger partial charge is 0.468 e. The Balaban J connectivity index is 0.00000312. The van der Waals surface area contributed by atoms with E-state index >= 15 is 0 Å². The third-order valence-corrected chi connectivity index (χ3v) is 3.39. The van der Waals surface area contributed by atoms with Crippen molar-refractivity contribution in [3.05, 3.63) is 23.9 Å². The Morgan fingerprint density at radius 3 is 2.76 bits per heavy atom. The number of aliphatic hydroxyl groups is 1. The first-order valence-electron chi connectivity index (χ1n) is 7.73. The number of ether oxygens (including phenoxy) is 1. The molecule has 0 unspecified atom stereocenters. The van der Waals surface area contributed by atoms with Crippen LogP contribution in [0, 0.1) is 0 Å². The number of hydrogen-bond acceptors (Lipinski definition) is 4. The zero-order valence-electron chi connectivity index (χ0n) is 13.8. The van der Waals surface area contributed by atoms with Crippen molar-refractivity contribution < 1.29 is 23.0 Å². The molecule has 0 bridgehead atoms. The van der Waals surface area contributed by atoms with Gasteiger partial charge in [-0.2, -0.15) is 13.2 Å². The van der Waals surface area contributed by atoms with E-state index in [0.717, 1.165) is 12.1 Å². The number of halogens is 4. The molecule has 10 heteroatoms. The average Bonchev–Trinajstić information content (AvgIpc) is 2.96. The number of β-amino-alcohol motifs (C(OH)–C–C–N with tert-alkyl or cyclic N) is 1. The van der Waals surface area contributed by atoms with Crippen molar-refractivity contribution in [2.24, 2.45) is 4.99 Å². The maximum absolute atomic E-state index is 12.1. The number of nitrogens with zero attached hydrogens (tertiary/aromatic N) is 3. The van der Waals surface area contributed by atoms with Gasteiger partial charge in [-0.15, -0.1) is 24.0 Å². The first-order chi connectivity index (χ1) is 11.4. The molecule has 0 spiro atoms. The van der Waals surface area contributed by atoms with E-state index in [1.54, 1.807) is 6.07 Å². The second-order valence-electron chi connectivity index (χ2n) is 5.47. The molecule has 1 aliphatic rings. The molecule has 0 aromatic carbocycles. The van der Waals surface area contributed by atoms with Crippen LogP contribution in [0.3, 0.4) is 0 Å². The molecule has 1 fully saturated rings. The normalized spacial score (nSPS) is 18.0. The number of pyridine rings is 1. The van der Waals surface area contributed by atoms with Crippen LogP contribution in [0.15, 0.2) is 23.3 Å². The Hall–Kier alpha value is -1.30. The molecule has 1 saturated heterocycles. The molecule has 2 N–H and O–H groups in total. The second kappa shape index (κ2) is 10.00. The highest BCUT2D eigenvalue weighted by atomic mass is 127. The van der Waals surface area contributed by atoms with Crippen molar-refractivity contribution in [3.63, 3.8) is 0 Å². The molecule has 1 atom stereocenters. The maximum atomic E-state index is 12.1. The highest BCUT2D eigenvalue weighted by molar-refractivity contribution is 14.0. The number of rotatable bonds is 5. The molecule has 1 aromatic rings. The molecule has 0 aliphatic carbocycles. The quantitative estimate of drug-likeness (QED) is 0.389. The zero-order valence-corrected chi connectivity index (χ0v) is 16.1. The number of aliphatic hydroxyl groups excluding tert-OH is 1. The van der Waals surface area contributed by atoms with Crippen LogP contribution >= 0.6 is 24.0 Å². The van der Waals surface area contributed by atoms with Crippen molar-refractivity contribution in [1.29, 1.82) is 0 Å². The predicted molar refractivity (Wildman–Crippen MR) is 98.2 cm³/mol. The van der Waals surface area contributed by atoms with Crippen molar-refractivity contribution in [2.45, 2.75) is 32.2 Å². The van der Waals surface area contributed by atoms with Gasteiger partial charge in [0.15, 0.2) is 12.6 Å². The number of hydrogen-bond donors (Lipinski definition) is 2. The number of aromatic nitrogens is 1. The Bertz CT molecular complexity index is 555. The minimum absolute atomic E-state index is 0. The molecular formula is C15H22F3IN4O2. The summed E-state index contributed by atoms with van der Waals surface area (Å²) in [6.45, 7) is 2.90. The highest BCUT2D eigenvalue weighted by Gasteiger charge is 2.28. The van der Waals surface area contributed by atoms with Gasteiger partial charge in [-0.05, 0) is 18.9 Å². The van der Waals surface area contributed by atoms with Gasteiger partial charge in [0.1, 0.15) is 0 Å². The van der Waals surface area contributed by atoms with Gasteiger partial charge >= 0.3 is 6.18 Å². The predicted octanol–water partition coefficient (Wildman–Crippen LogP) is 2.17. The molecule has 2 rings (SSSR count). The summed E-state index contributed by atoms with van der Waals surface area (Å²) >= 11 is 0. The lowest BCUT2D eigenvalue weighted by Crippen LogP contribution is -2.40. The molecule has 25 heavy (non-hydrogen) atoms. The van der Waals surface area contributed by atoms with E-state index in [2.05, 4.69) is 20.0 Å². The number of guanidine groups is 1. The van der Waals surface area contributed by atoms with Gasteiger partial charge in [-0.25, -0.2) is 9.98 Å². The number of aliphatic imine (C=N–C) groups is 1. The van der Waals surface area contributed by atoms with Crippen LogP contribution in [0.4, 0.5) is 13.2 Å². The van der Waals surface area contributed by atoms with E-state index in [0.29, 0.717) is 32.0 Å². The van der Waals surface area contributed by atoms with E-state index in [1.165, 1.54) is 12.3 Å². The van der Waals surface area contributed by atoms with Crippen LogP contribution in [0.1, 0.15) is 18.9 Å². The molecule has 1 aliphatic heterocycles. The van der Waals surface area contributed by atoms with Crippen LogP contribution in [0.25, 0.3) is 0 Å². The molecule has 0 radical (unpaired) electrons. The van der Waals surface area contributed by atoms with Crippen LogP contribution < -0.4 is 10.1 Å². The third-order valence-electron chi connectivity index (χ3n) is 3.39. The first-order valence-corrected chi connectivity index (χ1v) is 7.73. The first kappa shape index (κ1) is 21.7. The van der Waals surface area contributed by atoms with Gasteiger partial charge < -0.3 is 20.1 Å². The van der Waals surface area contributed by atoms with Crippen LogP contribution in [-0.2, 0) is 6.54 Å². The van der Waals surface area contributed by atoms with E-state index in [1.807, 2.05) is 11.8 Å². The molecular weight excluding hydrogens is 452 g/mol. The lowest BCUT2D eigenvalue weighted by molar-refractivity contribution is -0.154. The highest BCUT2D eigenvalue weighted by Crippen LogP contribution is 2.17. The fourth-order valence-electron chi connectivity index (χ4n) is 2.27. The fourth-order valence-corrected chi connectivity index (χ4v) is 2.27. The standard InChI is InChI=1S/C15H21F3N4O2.HI/c1-2-19-14(22-6-5-12(23)9-22)21-8-11-3-4-13(20-7-11)24-10-15(16,17)18;/h3-4,7,12,23H,2,5-6,8-10H2,1H3,(H,19,21);1H/t12-;/m1./s1. The minimum Gasteiger partial charge on any atom is -0.468 e. The van der Waals surface area contributed by atoms with Crippen LogP contribution in [0.5, 0.6) is 5.88 Å². The van der Waals surface area contributed by atoms with E-state index < -0.39 is 12.8 Å². The number of nitrogens with one attached hydrogen (secondary N) is 1. The van der Waals surface area contributed by atoms with Gasteiger partial charge in [0.2, 0.25) is 5.88 Å². The molecule has 0 amide bonds. The summed E-state index contributed by atoms with van der Waals surface area (Å²) in [5, 5.41) is 12.8. The summed E-state index contributed by atoms with van der Waals surface area (Å²) in [5.41, 5.74) is 0.754. The van der Waals surface area contributed by atoms with Crippen molar-refractivity contribution in [2.75, 3.05) is 26.2 Å². The second-order valence-corrected chi connectivity index (χ2v) is 5.47. The maximum Gasteiger partial charge on any atom is 0.422 e. The van der Waals surface area contributed by atoms with Gasteiger partial charge in [0, 0.05) is 31.9 Å². The van der Waals surface area contributed by atoms with E-state index in [9.17, 15) is 18.3 Å². The minimum atomic E-state index is -4.38. The fraction of sp³-hybridized carbons (Fsp3) is 0.600. The summed E-state index contributed by atoms with van der Waals surface area (Å²) < 4.78 is 40.8. The lowest BCUT2D eigenvalue weighted by atomic mass is 10.3. The van der Waals surface area contributed by atoms with Crippen LogP contribution in [-0.4, -0.2) is 59.5 Å². The third kappa shape index (κ3) is 7.63. The summed E-state index contributed by atoms with van der Waals surface area (Å²) in [6.07, 6.45) is -2.58. The Morgan fingerprint density at radius 1 is 1.48 bits per heavy atom. The van der Waals surface area contributed by atoms with Gasteiger partial charge in [-0.1, -0.05) is 6.07 Å². The number of alkyl halides is 3. The summed E-state index contributed by atoms with van der Waals surface area (Å²) in [5.74, 6) is 0.626. The molecule has 0 saturated carbocycles. The zero-order chi connectivity index (χ0) is 17.6. The topological polar surface area (TPSA) is 70.0 Å². The molecule has 6 nitrogen and oxygen atoms in total. The van der Waals surface area contributed by atoms with Crippen molar-refractivity contribution in [1.82, 2.24) is 15.2 Å². The molecule has 2 heterocycles.